The third-order valence-corrected chi connectivity index (χ3v) is 2.06. The average molecular weight is 199 g/mol. The highest BCUT2D eigenvalue weighted by molar-refractivity contribution is 5.72. The minimum Gasteiger partial charge on any atom is -0.480 e. The van der Waals surface area contributed by atoms with Gasteiger partial charge in [0.2, 0.25) is 0 Å². The Bertz CT molecular complexity index is 232. The molecule has 0 amide bonds. The summed E-state index contributed by atoms with van der Waals surface area (Å²) in [6.07, 6.45) is 3.83. The normalized spacial score (nSPS) is 11.9. The number of aliphatic carboxylic acids is 1. The molecule has 14 heavy (non-hydrogen) atoms. The molecule has 0 aromatic carbocycles. The first-order valence-electron chi connectivity index (χ1n) is 4.77. The molecule has 4 heteroatoms. The van der Waals surface area contributed by atoms with Crippen LogP contribution in [0.1, 0.15) is 39.0 Å². The van der Waals surface area contributed by atoms with E-state index in [-0.39, 0.29) is 0 Å². The predicted molar refractivity (Wildman–Crippen MR) is 53.6 cm³/mol. The summed E-state index contributed by atoms with van der Waals surface area (Å²) < 4.78 is 0. The molecule has 0 spiro atoms. The van der Waals surface area contributed by atoms with Crippen molar-refractivity contribution in [2.24, 2.45) is 5.73 Å². The monoisotopic (exact) mass is 199 g/mol. The van der Waals surface area contributed by atoms with E-state index in [4.69, 9.17) is 10.8 Å². The van der Waals surface area contributed by atoms with Crippen molar-refractivity contribution in [3.63, 3.8) is 0 Å². The van der Waals surface area contributed by atoms with Crippen molar-refractivity contribution in [3.8, 4) is 0 Å². The molecule has 0 aromatic heterocycles. The number of rotatable bonds is 7. The Hall–Kier alpha value is -1.12. The van der Waals surface area contributed by atoms with Crippen LogP contribution in [0.5, 0.6) is 0 Å². The first kappa shape index (κ1) is 12.9. The SMILES string of the molecule is CC(=C=O)CCCCCC(N)C(=O)O. The van der Waals surface area contributed by atoms with Gasteiger partial charge < -0.3 is 10.8 Å². The lowest BCUT2D eigenvalue weighted by Gasteiger charge is -2.05. The van der Waals surface area contributed by atoms with E-state index in [0.29, 0.717) is 12.0 Å². The summed E-state index contributed by atoms with van der Waals surface area (Å²) in [5.74, 6) is 0.881. The molecule has 0 heterocycles. The van der Waals surface area contributed by atoms with Gasteiger partial charge in [-0.3, -0.25) is 4.79 Å². The predicted octanol–water partition coefficient (Wildman–Crippen LogP) is 1.13. The molecular weight excluding hydrogens is 182 g/mol. The lowest BCUT2D eigenvalue weighted by Crippen LogP contribution is -2.29. The van der Waals surface area contributed by atoms with Gasteiger partial charge in [-0.1, -0.05) is 12.8 Å². The Labute approximate surface area is 83.8 Å². The quantitative estimate of drug-likeness (QED) is 0.475. The third-order valence-electron chi connectivity index (χ3n) is 2.06. The summed E-state index contributed by atoms with van der Waals surface area (Å²) in [5.41, 5.74) is 6.03. The lowest BCUT2D eigenvalue weighted by molar-refractivity contribution is -0.138. The summed E-state index contributed by atoms with van der Waals surface area (Å²) in [6.45, 7) is 1.75. The maximum atomic E-state index is 10.3. The van der Waals surface area contributed by atoms with Crippen LogP contribution in [-0.2, 0) is 9.59 Å². The molecule has 0 bridgehead atoms. The van der Waals surface area contributed by atoms with Crippen LogP contribution >= 0.6 is 0 Å². The van der Waals surface area contributed by atoms with Crippen molar-refractivity contribution in [1.82, 2.24) is 0 Å². The maximum Gasteiger partial charge on any atom is 0.320 e. The van der Waals surface area contributed by atoms with Crippen LogP contribution in [0.4, 0.5) is 0 Å². The van der Waals surface area contributed by atoms with Crippen LogP contribution < -0.4 is 5.73 Å². The van der Waals surface area contributed by atoms with E-state index in [1.54, 1.807) is 6.92 Å². The fraction of sp³-hybridized carbons (Fsp3) is 0.700. The van der Waals surface area contributed by atoms with E-state index < -0.39 is 12.0 Å². The van der Waals surface area contributed by atoms with Gasteiger partial charge in [0.1, 0.15) is 12.0 Å². The first-order valence-corrected chi connectivity index (χ1v) is 4.77. The fourth-order valence-corrected chi connectivity index (χ4v) is 1.11. The summed E-state index contributed by atoms with van der Waals surface area (Å²) in [4.78, 5) is 20.4. The van der Waals surface area contributed by atoms with E-state index in [0.717, 1.165) is 25.7 Å². The van der Waals surface area contributed by atoms with Crippen LogP contribution in [0.2, 0.25) is 0 Å². The van der Waals surface area contributed by atoms with Crippen LogP contribution in [-0.4, -0.2) is 23.1 Å². The average Bonchev–Trinajstić information content (AvgIpc) is 2.16. The smallest absolute Gasteiger partial charge is 0.320 e. The zero-order valence-electron chi connectivity index (χ0n) is 8.45. The summed E-state index contributed by atoms with van der Waals surface area (Å²) in [7, 11) is 0. The van der Waals surface area contributed by atoms with Crippen LogP contribution in [0, 0.1) is 0 Å². The van der Waals surface area contributed by atoms with Crippen LogP contribution in [0.3, 0.4) is 0 Å². The van der Waals surface area contributed by atoms with Gasteiger partial charge in [0, 0.05) is 5.57 Å². The second-order valence-corrected chi connectivity index (χ2v) is 3.43. The summed E-state index contributed by atoms with van der Waals surface area (Å²) >= 11 is 0. The molecule has 0 aliphatic heterocycles. The number of carboxylic acids is 1. The van der Waals surface area contributed by atoms with Crippen molar-refractivity contribution < 1.29 is 14.7 Å². The second-order valence-electron chi connectivity index (χ2n) is 3.43. The Morgan fingerprint density at radius 3 is 2.57 bits per heavy atom. The molecule has 1 atom stereocenters. The van der Waals surface area contributed by atoms with Gasteiger partial charge in [-0.05, 0) is 26.2 Å². The molecule has 0 aliphatic rings. The molecule has 0 aliphatic carbocycles. The minimum absolute atomic E-state index is 0.499. The molecule has 1 unspecified atom stereocenters. The number of allylic oxidation sites excluding steroid dienone is 1. The molecule has 0 aromatic rings. The van der Waals surface area contributed by atoms with Gasteiger partial charge in [0.15, 0.2) is 0 Å². The molecule has 0 saturated carbocycles. The number of nitrogens with two attached hydrogens (primary N) is 1. The Morgan fingerprint density at radius 2 is 2.07 bits per heavy atom. The highest BCUT2D eigenvalue weighted by Crippen LogP contribution is 2.08. The zero-order chi connectivity index (χ0) is 11.0. The van der Waals surface area contributed by atoms with Gasteiger partial charge in [-0.2, -0.15) is 0 Å². The van der Waals surface area contributed by atoms with Gasteiger partial charge in [-0.15, -0.1) is 0 Å². The number of unbranched alkanes of at least 4 members (excludes halogenated alkanes) is 2. The maximum absolute atomic E-state index is 10.3. The van der Waals surface area contributed by atoms with E-state index >= 15 is 0 Å². The number of carboxylic acid groups (broad SMARTS) is 1. The van der Waals surface area contributed by atoms with Gasteiger partial charge in [0.05, 0.1) is 0 Å². The van der Waals surface area contributed by atoms with Crippen molar-refractivity contribution in [3.05, 3.63) is 5.57 Å². The zero-order valence-corrected chi connectivity index (χ0v) is 8.45. The molecular formula is C10H17NO3. The Balaban J connectivity index is 3.39. The standard InChI is InChI=1S/C10H17NO3/c1-8(7-12)5-3-2-4-6-9(11)10(13)14/h9H,2-6,11H2,1H3,(H,13,14). The Morgan fingerprint density at radius 1 is 1.43 bits per heavy atom. The first-order chi connectivity index (χ1) is 6.57. The number of hydrogen-bond donors (Lipinski definition) is 2. The molecule has 0 fully saturated rings. The number of hydrogen-bond acceptors (Lipinski definition) is 3. The van der Waals surface area contributed by atoms with E-state index in [1.165, 1.54) is 0 Å². The van der Waals surface area contributed by atoms with Gasteiger partial charge in [0.25, 0.3) is 0 Å². The number of carbonyl (C=O) groups excluding carboxylic acids is 1. The van der Waals surface area contributed by atoms with Crippen molar-refractivity contribution in [2.45, 2.75) is 45.1 Å². The van der Waals surface area contributed by atoms with Crippen molar-refractivity contribution in [2.75, 3.05) is 0 Å². The van der Waals surface area contributed by atoms with E-state index in [2.05, 4.69) is 0 Å². The van der Waals surface area contributed by atoms with Gasteiger partial charge in [-0.25, -0.2) is 4.79 Å². The lowest BCUT2D eigenvalue weighted by atomic mass is 10.1. The molecule has 0 rings (SSSR count). The largest absolute Gasteiger partial charge is 0.480 e. The molecule has 4 nitrogen and oxygen atoms in total. The van der Waals surface area contributed by atoms with E-state index in [1.807, 2.05) is 5.94 Å². The minimum atomic E-state index is -0.950. The number of carbonyl (C=O) groups is 1. The topological polar surface area (TPSA) is 80.4 Å². The molecule has 0 radical (unpaired) electrons. The summed E-state index contributed by atoms with van der Waals surface area (Å²) in [5, 5.41) is 8.48. The highest BCUT2D eigenvalue weighted by atomic mass is 16.4. The van der Waals surface area contributed by atoms with Gasteiger partial charge >= 0.3 is 5.97 Å². The fourth-order valence-electron chi connectivity index (χ4n) is 1.11. The van der Waals surface area contributed by atoms with E-state index in [9.17, 15) is 9.59 Å². The van der Waals surface area contributed by atoms with Crippen molar-refractivity contribution >= 4 is 11.9 Å². The summed E-state index contributed by atoms with van der Waals surface area (Å²) in [6, 6.07) is -0.752. The third kappa shape index (κ3) is 6.40. The van der Waals surface area contributed by atoms with Crippen molar-refractivity contribution in [1.29, 1.82) is 0 Å². The Kier molecular flexibility index (Phi) is 6.72. The molecule has 0 saturated heterocycles. The van der Waals surface area contributed by atoms with Crippen LogP contribution in [0.15, 0.2) is 5.57 Å². The van der Waals surface area contributed by atoms with Crippen LogP contribution in [0.25, 0.3) is 0 Å². The molecule has 80 valence electrons. The second kappa shape index (κ2) is 7.30. The highest BCUT2D eigenvalue weighted by Gasteiger charge is 2.09. The molecule has 3 N–H and O–H groups in total.